The van der Waals surface area contributed by atoms with Crippen LogP contribution in [0.15, 0.2) is 82.9 Å². The largest absolute Gasteiger partial charge is 0.335 e. The van der Waals surface area contributed by atoms with E-state index >= 15 is 0 Å². The van der Waals surface area contributed by atoms with Crippen molar-refractivity contribution in [1.82, 2.24) is 14.7 Å². The van der Waals surface area contributed by atoms with Crippen molar-refractivity contribution >= 4 is 34.3 Å². The summed E-state index contributed by atoms with van der Waals surface area (Å²) in [4.78, 5) is 31.8. The third-order valence-corrected chi connectivity index (χ3v) is 4.82. The maximum absolute atomic E-state index is 13.1. The van der Waals surface area contributed by atoms with Crippen molar-refractivity contribution in [2.24, 2.45) is 0 Å². The van der Waals surface area contributed by atoms with E-state index in [-0.39, 0.29) is 23.6 Å². The predicted octanol–water partition coefficient (Wildman–Crippen LogP) is 3.92. The van der Waals surface area contributed by atoms with E-state index in [1.807, 2.05) is 30.3 Å². The Labute approximate surface area is 176 Å². The smallest absolute Gasteiger partial charge is 0.267 e. The highest BCUT2D eigenvalue weighted by molar-refractivity contribution is 6.30. The van der Waals surface area contributed by atoms with Gasteiger partial charge in [-0.2, -0.15) is 0 Å². The number of nitrogens with zero attached hydrogens (tertiary/aromatic N) is 4. The summed E-state index contributed by atoms with van der Waals surface area (Å²) in [5.41, 5.74) is 1.44. The molecule has 0 saturated carbocycles. The summed E-state index contributed by atoms with van der Waals surface area (Å²) in [6, 6.07) is 16.1. The first kappa shape index (κ1) is 19.6. The molecule has 0 saturated heterocycles. The van der Waals surface area contributed by atoms with Gasteiger partial charge in [0.2, 0.25) is 5.91 Å². The molecule has 2 heterocycles. The fourth-order valence-electron chi connectivity index (χ4n) is 3.12. The Morgan fingerprint density at radius 2 is 1.90 bits per heavy atom. The molecular formula is C22H17ClN4O3. The summed E-state index contributed by atoms with van der Waals surface area (Å²) in [6.45, 7) is 3.84. The first-order valence-electron chi connectivity index (χ1n) is 9.15. The van der Waals surface area contributed by atoms with Gasteiger partial charge in [0.15, 0.2) is 0 Å². The minimum atomic E-state index is -0.411. The van der Waals surface area contributed by atoms with E-state index in [2.05, 4.69) is 16.7 Å². The molecule has 2 aromatic carbocycles. The number of carbonyl (C=O) groups excluding carboxylic acids is 1. The molecular weight excluding hydrogens is 404 g/mol. The lowest BCUT2D eigenvalue weighted by atomic mass is 10.1. The van der Waals surface area contributed by atoms with Gasteiger partial charge in [0, 0.05) is 22.8 Å². The van der Waals surface area contributed by atoms with E-state index < -0.39 is 5.56 Å². The highest BCUT2D eigenvalue weighted by Crippen LogP contribution is 2.25. The predicted molar refractivity (Wildman–Crippen MR) is 116 cm³/mol. The molecule has 1 amide bonds. The average molecular weight is 421 g/mol. The van der Waals surface area contributed by atoms with Crippen LogP contribution in [0, 0.1) is 0 Å². The summed E-state index contributed by atoms with van der Waals surface area (Å²) in [5.74, 6) is -0.270. The van der Waals surface area contributed by atoms with Gasteiger partial charge in [-0.25, -0.2) is 4.98 Å². The molecule has 4 aromatic rings. The number of fused-ring (bicyclic) bond motifs is 1. The fraction of sp³-hybridized carbons (Fsp3) is 0.0909. The summed E-state index contributed by atoms with van der Waals surface area (Å²) in [7, 11) is 0. The topological polar surface area (TPSA) is 81.2 Å². The molecule has 0 radical (unpaired) electrons. The molecule has 0 aliphatic heterocycles. The van der Waals surface area contributed by atoms with Crippen LogP contribution < -0.4 is 10.5 Å². The molecule has 2 aromatic heterocycles. The molecule has 4 rings (SSSR count). The summed E-state index contributed by atoms with van der Waals surface area (Å²) in [6.07, 6.45) is 2.92. The Hall–Kier alpha value is -3.71. The number of amides is 1. The molecule has 0 aliphatic rings. The first-order chi connectivity index (χ1) is 14.6. The average Bonchev–Trinajstić information content (AvgIpc) is 3.20. The number of para-hydroxylation sites is 1. The molecule has 0 aliphatic carbocycles. The van der Waals surface area contributed by atoms with Gasteiger partial charge < -0.3 is 9.42 Å². The monoisotopic (exact) mass is 420 g/mol. The van der Waals surface area contributed by atoms with Crippen molar-refractivity contribution in [1.29, 1.82) is 0 Å². The van der Waals surface area contributed by atoms with Gasteiger partial charge >= 0.3 is 0 Å². The number of halogens is 1. The second-order valence-corrected chi connectivity index (χ2v) is 6.96. The molecule has 0 spiro atoms. The second kappa shape index (κ2) is 8.34. The van der Waals surface area contributed by atoms with Crippen molar-refractivity contribution in [3.63, 3.8) is 0 Å². The van der Waals surface area contributed by atoms with Gasteiger partial charge in [-0.1, -0.05) is 53.2 Å². The van der Waals surface area contributed by atoms with Crippen LogP contribution in [0.3, 0.4) is 0 Å². The second-order valence-electron chi connectivity index (χ2n) is 6.52. The first-order valence-corrected chi connectivity index (χ1v) is 9.53. The number of hydrogen-bond acceptors (Lipinski definition) is 5. The Balaban J connectivity index is 1.71. The molecule has 7 nitrogen and oxygen atoms in total. The molecule has 0 atom stereocenters. The number of hydrogen-bond donors (Lipinski definition) is 0. The van der Waals surface area contributed by atoms with E-state index in [1.54, 1.807) is 35.2 Å². The van der Waals surface area contributed by atoms with Crippen molar-refractivity contribution in [3.8, 4) is 11.3 Å². The molecule has 0 fully saturated rings. The fourth-order valence-corrected chi connectivity index (χ4v) is 3.24. The van der Waals surface area contributed by atoms with E-state index in [0.29, 0.717) is 22.8 Å². The third kappa shape index (κ3) is 3.75. The summed E-state index contributed by atoms with van der Waals surface area (Å²) in [5, 5.41) is 4.76. The molecule has 0 bridgehead atoms. The van der Waals surface area contributed by atoms with Gasteiger partial charge in [-0.3, -0.25) is 14.2 Å². The standard InChI is InChI=1S/C22H17ClN4O3/c1-2-12-27(17-6-4-3-5-7-17)18(28)13-26-14-24-21-19(22(26)29)20(25-30-21)15-8-10-16(23)11-9-15/h2-11,14H,1,12-13H2. The lowest BCUT2D eigenvalue weighted by Crippen LogP contribution is -2.36. The van der Waals surface area contributed by atoms with Crippen molar-refractivity contribution in [2.45, 2.75) is 6.54 Å². The highest BCUT2D eigenvalue weighted by atomic mass is 35.5. The maximum Gasteiger partial charge on any atom is 0.267 e. The van der Waals surface area contributed by atoms with Gasteiger partial charge in [0.05, 0.1) is 0 Å². The Kier molecular flexibility index (Phi) is 5.45. The molecule has 8 heteroatoms. The van der Waals surface area contributed by atoms with Crippen LogP contribution in [0.1, 0.15) is 0 Å². The number of anilines is 1. The van der Waals surface area contributed by atoms with Crippen LogP contribution in [0.4, 0.5) is 5.69 Å². The van der Waals surface area contributed by atoms with Gasteiger partial charge in [0.1, 0.15) is 24.0 Å². The molecule has 0 unspecified atom stereocenters. The van der Waals surface area contributed by atoms with Crippen LogP contribution in [0.2, 0.25) is 5.02 Å². The molecule has 30 heavy (non-hydrogen) atoms. The van der Waals surface area contributed by atoms with Crippen molar-refractivity contribution in [2.75, 3.05) is 11.4 Å². The normalized spacial score (nSPS) is 10.8. The Morgan fingerprint density at radius 3 is 2.60 bits per heavy atom. The Morgan fingerprint density at radius 1 is 1.17 bits per heavy atom. The Bertz CT molecular complexity index is 1260. The van der Waals surface area contributed by atoms with Crippen molar-refractivity contribution < 1.29 is 9.32 Å². The lowest BCUT2D eigenvalue weighted by molar-refractivity contribution is -0.119. The number of carbonyl (C=O) groups is 1. The number of aromatic nitrogens is 3. The number of rotatable bonds is 6. The van der Waals surface area contributed by atoms with E-state index in [4.69, 9.17) is 16.1 Å². The highest BCUT2D eigenvalue weighted by Gasteiger charge is 2.20. The molecule has 150 valence electrons. The zero-order chi connectivity index (χ0) is 21.1. The van der Waals surface area contributed by atoms with E-state index in [1.165, 1.54) is 10.9 Å². The maximum atomic E-state index is 13.1. The molecule has 0 N–H and O–H groups in total. The van der Waals surface area contributed by atoms with Crippen LogP contribution in [-0.4, -0.2) is 27.2 Å². The van der Waals surface area contributed by atoms with Crippen LogP contribution >= 0.6 is 11.6 Å². The van der Waals surface area contributed by atoms with Crippen LogP contribution in [0.5, 0.6) is 0 Å². The summed E-state index contributed by atoms with van der Waals surface area (Å²) >= 11 is 5.94. The SMILES string of the molecule is C=CCN(C(=O)Cn1cnc2onc(-c3ccc(Cl)cc3)c2c1=O)c1ccccc1. The third-order valence-electron chi connectivity index (χ3n) is 4.57. The van der Waals surface area contributed by atoms with Crippen molar-refractivity contribution in [3.05, 3.63) is 89.0 Å². The van der Waals surface area contributed by atoms with Gasteiger partial charge in [-0.15, -0.1) is 6.58 Å². The van der Waals surface area contributed by atoms with Crippen LogP contribution in [0.25, 0.3) is 22.4 Å². The van der Waals surface area contributed by atoms with E-state index in [9.17, 15) is 9.59 Å². The summed E-state index contributed by atoms with van der Waals surface area (Å²) < 4.78 is 6.46. The minimum Gasteiger partial charge on any atom is -0.335 e. The number of benzene rings is 2. The lowest BCUT2D eigenvalue weighted by Gasteiger charge is -2.21. The zero-order valence-corrected chi connectivity index (χ0v) is 16.6. The van der Waals surface area contributed by atoms with Gasteiger partial charge in [0.25, 0.3) is 11.3 Å². The van der Waals surface area contributed by atoms with E-state index in [0.717, 1.165) is 5.69 Å². The minimum absolute atomic E-state index is 0.111. The van der Waals surface area contributed by atoms with Gasteiger partial charge in [-0.05, 0) is 24.3 Å². The zero-order valence-electron chi connectivity index (χ0n) is 15.9. The quantitative estimate of drug-likeness (QED) is 0.441. The van der Waals surface area contributed by atoms with Crippen LogP contribution in [-0.2, 0) is 11.3 Å².